The molecule has 0 spiro atoms. The second kappa shape index (κ2) is 4.83. The van der Waals surface area contributed by atoms with Gasteiger partial charge in [0.2, 0.25) is 0 Å². The lowest BCUT2D eigenvalue weighted by Crippen LogP contribution is -2.17. The van der Waals surface area contributed by atoms with E-state index < -0.39 is 0 Å². The number of nitrogens with one attached hydrogen (secondary N) is 1. The van der Waals surface area contributed by atoms with Crippen LogP contribution in [0.1, 0.15) is 28.5 Å². The largest absolute Gasteiger partial charge is 0.304 e. The van der Waals surface area contributed by atoms with Gasteiger partial charge in [0.15, 0.2) is 0 Å². The zero-order chi connectivity index (χ0) is 10.7. The van der Waals surface area contributed by atoms with E-state index in [-0.39, 0.29) is 0 Å². The van der Waals surface area contributed by atoms with E-state index in [1.807, 2.05) is 6.92 Å². The lowest BCUT2D eigenvalue weighted by Gasteiger charge is -2.10. The van der Waals surface area contributed by atoms with Crippen LogP contribution in [0.15, 0.2) is 16.8 Å². The van der Waals surface area contributed by atoms with E-state index in [4.69, 9.17) is 0 Å². The number of hydrogen-bond acceptors (Lipinski definition) is 5. The Labute approximate surface area is 97.2 Å². The summed E-state index contributed by atoms with van der Waals surface area (Å²) in [6, 6.07) is 2.52. The van der Waals surface area contributed by atoms with Crippen molar-refractivity contribution in [2.45, 2.75) is 26.4 Å². The van der Waals surface area contributed by atoms with Crippen molar-refractivity contribution < 1.29 is 0 Å². The molecular formula is C10H13N3S2. The number of aryl methyl sites for hydroxylation is 1. The Balaban J connectivity index is 1.88. The number of nitrogens with zero attached hydrogens (tertiary/aromatic N) is 2. The summed E-state index contributed by atoms with van der Waals surface area (Å²) in [5.41, 5.74) is 1.33. The van der Waals surface area contributed by atoms with Crippen LogP contribution in [0, 0.1) is 6.92 Å². The Morgan fingerprint density at radius 3 is 2.93 bits per heavy atom. The van der Waals surface area contributed by atoms with Gasteiger partial charge < -0.3 is 5.32 Å². The molecule has 5 heteroatoms. The van der Waals surface area contributed by atoms with Crippen molar-refractivity contribution in [3.63, 3.8) is 0 Å². The summed E-state index contributed by atoms with van der Waals surface area (Å²) in [5, 5.41) is 17.8. The quantitative estimate of drug-likeness (QED) is 0.891. The summed E-state index contributed by atoms with van der Waals surface area (Å²) < 4.78 is 0. The number of aromatic nitrogens is 2. The summed E-state index contributed by atoms with van der Waals surface area (Å²) >= 11 is 3.37. The van der Waals surface area contributed by atoms with E-state index in [1.165, 1.54) is 5.56 Å². The predicted octanol–water partition coefficient (Wildman–Crippen LogP) is 2.76. The number of hydrogen-bond donors (Lipinski definition) is 1. The van der Waals surface area contributed by atoms with E-state index in [2.05, 4.69) is 39.3 Å². The average Bonchev–Trinajstić information content (AvgIpc) is 2.84. The molecule has 0 aliphatic heterocycles. The van der Waals surface area contributed by atoms with Crippen LogP contribution in [0.4, 0.5) is 0 Å². The predicted molar refractivity (Wildman–Crippen MR) is 64.2 cm³/mol. The van der Waals surface area contributed by atoms with Gasteiger partial charge in [0.05, 0.1) is 6.54 Å². The molecule has 0 radical (unpaired) electrons. The van der Waals surface area contributed by atoms with Crippen molar-refractivity contribution in [1.82, 2.24) is 15.5 Å². The minimum Gasteiger partial charge on any atom is -0.304 e. The fraction of sp³-hybridized carbons (Fsp3) is 0.400. The van der Waals surface area contributed by atoms with Crippen molar-refractivity contribution in [3.8, 4) is 0 Å². The van der Waals surface area contributed by atoms with Gasteiger partial charge in [-0.15, -0.1) is 21.5 Å². The second-order valence-electron chi connectivity index (χ2n) is 3.37. The first-order valence-corrected chi connectivity index (χ1v) is 6.56. The molecule has 2 aromatic heterocycles. The molecule has 2 heterocycles. The third-order valence-corrected chi connectivity index (χ3v) is 3.71. The first-order valence-electron chi connectivity index (χ1n) is 4.80. The van der Waals surface area contributed by atoms with E-state index in [9.17, 15) is 0 Å². The van der Waals surface area contributed by atoms with Crippen molar-refractivity contribution in [2.24, 2.45) is 0 Å². The van der Waals surface area contributed by atoms with Crippen molar-refractivity contribution in [3.05, 3.63) is 32.4 Å². The van der Waals surface area contributed by atoms with E-state index in [1.54, 1.807) is 22.7 Å². The maximum atomic E-state index is 4.08. The Morgan fingerprint density at radius 2 is 2.33 bits per heavy atom. The summed E-state index contributed by atoms with van der Waals surface area (Å²) in [6.45, 7) is 4.93. The molecule has 80 valence electrons. The van der Waals surface area contributed by atoms with Gasteiger partial charge in [0.1, 0.15) is 10.0 Å². The summed E-state index contributed by atoms with van der Waals surface area (Å²) in [4.78, 5) is 0. The van der Waals surface area contributed by atoms with Crippen molar-refractivity contribution in [2.75, 3.05) is 0 Å². The van der Waals surface area contributed by atoms with Crippen LogP contribution in [0.5, 0.6) is 0 Å². The molecular weight excluding hydrogens is 226 g/mol. The fourth-order valence-corrected chi connectivity index (χ4v) is 2.70. The molecule has 0 aliphatic rings. The Hall–Kier alpha value is -0.780. The topological polar surface area (TPSA) is 37.8 Å². The van der Waals surface area contributed by atoms with E-state index in [0.717, 1.165) is 16.6 Å². The zero-order valence-corrected chi connectivity index (χ0v) is 10.4. The first-order chi connectivity index (χ1) is 7.25. The highest BCUT2D eigenvalue weighted by atomic mass is 32.1. The molecule has 0 aromatic carbocycles. The van der Waals surface area contributed by atoms with Crippen LogP contribution in [-0.4, -0.2) is 10.2 Å². The monoisotopic (exact) mass is 239 g/mol. The highest BCUT2D eigenvalue weighted by Gasteiger charge is 2.06. The average molecular weight is 239 g/mol. The third kappa shape index (κ3) is 2.84. The Bertz CT molecular complexity index is 408. The maximum absolute atomic E-state index is 4.08. The van der Waals surface area contributed by atoms with Crippen molar-refractivity contribution >= 4 is 22.7 Å². The zero-order valence-electron chi connectivity index (χ0n) is 8.73. The molecule has 0 bridgehead atoms. The molecule has 0 saturated carbocycles. The Morgan fingerprint density at radius 1 is 1.47 bits per heavy atom. The summed E-state index contributed by atoms with van der Waals surface area (Å²) in [6.07, 6.45) is 0. The highest BCUT2D eigenvalue weighted by molar-refractivity contribution is 7.11. The normalized spacial score (nSPS) is 12.9. The number of thiophene rings is 1. The van der Waals surface area contributed by atoms with Gasteiger partial charge in [-0.2, -0.15) is 11.3 Å². The van der Waals surface area contributed by atoms with Crippen LogP contribution in [0.25, 0.3) is 0 Å². The molecule has 1 atom stereocenters. The molecule has 0 fully saturated rings. The molecule has 0 saturated heterocycles. The smallest absolute Gasteiger partial charge is 0.131 e. The van der Waals surface area contributed by atoms with Crippen LogP contribution >= 0.6 is 22.7 Å². The van der Waals surface area contributed by atoms with Crippen LogP contribution in [0.3, 0.4) is 0 Å². The molecule has 1 unspecified atom stereocenters. The lowest BCUT2D eigenvalue weighted by atomic mass is 10.2. The SMILES string of the molecule is Cc1nnc(CNC(C)c2ccsc2)s1. The minimum absolute atomic E-state index is 0.375. The van der Waals surface area contributed by atoms with E-state index in [0.29, 0.717) is 6.04 Å². The maximum Gasteiger partial charge on any atom is 0.131 e. The third-order valence-electron chi connectivity index (χ3n) is 2.17. The Kier molecular flexibility index (Phi) is 3.45. The molecule has 2 rings (SSSR count). The first kappa shape index (κ1) is 10.7. The van der Waals surface area contributed by atoms with Gasteiger partial charge in [0.25, 0.3) is 0 Å². The molecule has 2 aromatic rings. The molecule has 15 heavy (non-hydrogen) atoms. The van der Waals surface area contributed by atoms with Gasteiger partial charge >= 0.3 is 0 Å². The molecule has 3 nitrogen and oxygen atoms in total. The van der Waals surface area contributed by atoms with E-state index >= 15 is 0 Å². The highest BCUT2D eigenvalue weighted by Crippen LogP contribution is 2.16. The molecule has 1 N–H and O–H groups in total. The van der Waals surface area contributed by atoms with Gasteiger partial charge in [-0.05, 0) is 36.2 Å². The minimum atomic E-state index is 0.375. The lowest BCUT2D eigenvalue weighted by molar-refractivity contribution is 0.572. The van der Waals surface area contributed by atoms with Gasteiger partial charge in [0, 0.05) is 6.04 Å². The summed E-state index contributed by atoms with van der Waals surface area (Å²) in [5.74, 6) is 0. The van der Waals surface area contributed by atoms with Gasteiger partial charge in [-0.3, -0.25) is 0 Å². The fourth-order valence-electron chi connectivity index (χ4n) is 1.29. The van der Waals surface area contributed by atoms with Gasteiger partial charge in [-0.25, -0.2) is 0 Å². The molecule has 0 amide bonds. The van der Waals surface area contributed by atoms with Crippen LogP contribution < -0.4 is 5.32 Å². The van der Waals surface area contributed by atoms with Crippen LogP contribution in [0.2, 0.25) is 0 Å². The standard InChI is InChI=1S/C10H13N3S2/c1-7(9-3-4-14-6-9)11-5-10-13-12-8(2)15-10/h3-4,6-7,11H,5H2,1-2H3. The van der Waals surface area contributed by atoms with Gasteiger partial charge in [-0.1, -0.05) is 0 Å². The van der Waals surface area contributed by atoms with Crippen molar-refractivity contribution in [1.29, 1.82) is 0 Å². The second-order valence-corrected chi connectivity index (χ2v) is 5.42. The summed E-state index contributed by atoms with van der Waals surface area (Å²) in [7, 11) is 0. The molecule has 0 aliphatic carbocycles. The van der Waals surface area contributed by atoms with Crippen LogP contribution in [-0.2, 0) is 6.54 Å². The number of rotatable bonds is 4.